The van der Waals surface area contributed by atoms with Crippen LogP contribution in [0.2, 0.25) is 0 Å². The molecular formula is C21H26N2O2. The number of piperidine rings is 1. The van der Waals surface area contributed by atoms with Gasteiger partial charge in [-0.1, -0.05) is 29.8 Å². The average molecular weight is 338 g/mol. The molecule has 1 saturated carbocycles. The van der Waals surface area contributed by atoms with Crippen LogP contribution in [0.4, 0.5) is 5.69 Å². The maximum Gasteiger partial charge on any atom is 0.224 e. The highest BCUT2D eigenvalue weighted by Crippen LogP contribution is 2.63. The third-order valence-corrected chi connectivity index (χ3v) is 7.50. The lowest BCUT2D eigenvalue weighted by Crippen LogP contribution is -2.65. The number of para-hydroxylation sites is 1. The van der Waals surface area contributed by atoms with Gasteiger partial charge in [0.25, 0.3) is 0 Å². The molecule has 3 fully saturated rings. The first-order valence-corrected chi connectivity index (χ1v) is 9.52. The summed E-state index contributed by atoms with van der Waals surface area (Å²) in [7, 11) is 0. The van der Waals surface area contributed by atoms with E-state index in [0.717, 1.165) is 31.6 Å². The molecule has 3 heterocycles. The smallest absolute Gasteiger partial charge is 0.224 e. The van der Waals surface area contributed by atoms with Gasteiger partial charge in [0, 0.05) is 43.1 Å². The minimum atomic E-state index is -0.00850. The van der Waals surface area contributed by atoms with Gasteiger partial charge >= 0.3 is 0 Å². The number of carbonyl (C=O) groups is 1. The number of allylic oxidation sites excluding steroid dienone is 1. The molecule has 2 saturated heterocycles. The monoisotopic (exact) mass is 338 g/mol. The Balaban J connectivity index is 1.77. The number of hydrogen-bond acceptors (Lipinski definition) is 3. The highest BCUT2D eigenvalue weighted by atomic mass is 16.3. The number of rotatable bonds is 1. The van der Waals surface area contributed by atoms with E-state index in [2.05, 4.69) is 36.1 Å². The number of benzene rings is 1. The van der Waals surface area contributed by atoms with E-state index in [1.165, 1.54) is 11.1 Å². The lowest BCUT2D eigenvalue weighted by atomic mass is 9.55. The molecule has 4 nitrogen and oxygen atoms in total. The average Bonchev–Trinajstić information content (AvgIpc) is 3.15. The highest BCUT2D eigenvalue weighted by molar-refractivity contribution is 5.96. The first-order chi connectivity index (χ1) is 12.1. The predicted octanol–water partition coefficient (Wildman–Crippen LogP) is 2.32. The van der Waals surface area contributed by atoms with E-state index in [9.17, 15) is 9.90 Å². The minimum Gasteiger partial charge on any atom is -0.396 e. The summed E-state index contributed by atoms with van der Waals surface area (Å²) >= 11 is 0. The Labute approximate surface area is 149 Å². The Morgan fingerprint density at radius 2 is 2.20 bits per heavy atom. The normalized spacial score (nSPS) is 40.3. The number of aliphatic hydroxyl groups excluding tert-OH is 1. The Hall–Kier alpha value is -1.65. The summed E-state index contributed by atoms with van der Waals surface area (Å²) in [5.41, 5.74) is 3.86. The lowest BCUT2D eigenvalue weighted by Gasteiger charge is -2.56. The maximum atomic E-state index is 12.7. The van der Waals surface area contributed by atoms with Crippen molar-refractivity contribution in [2.24, 2.45) is 11.8 Å². The molecule has 132 valence electrons. The molecule has 1 aromatic rings. The van der Waals surface area contributed by atoms with Crippen molar-refractivity contribution in [2.45, 2.75) is 44.2 Å². The molecule has 4 aliphatic rings. The fourth-order valence-electron chi connectivity index (χ4n) is 6.69. The molecule has 5 atom stereocenters. The van der Waals surface area contributed by atoms with Crippen LogP contribution in [0.1, 0.15) is 32.3 Å². The fourth-order valence-corrected chi connectivity index (χ4v) is 6.69. The summed E-state index contributed by atoms with van der Waals surface area (Å²) in [5, 5.41) is 10.4. The second kappa shape index (κ2) is 5.18. The van der Waals surface area contributed by atoms with Gasteiger partial charge in [-0.2, -0.15) is 0 Å². The standard InChI is InChI=1S/C21H26N2O2/c1-3-14-11-22-9-8-21-17-6-4-5-7-18(17)23(13(2)25)20(21)16(12-24)15(14)10-19(21)22/h3-7,15-16,19-20,24H,8-12H2,1-2H3/b14-3-/t15-,16-,19-,20-,21?/m0/s1. The largest absolute Gasteiger partial charge is 0.396 e. The predicted molar refractivity (Wildman–Crippen MR) is 97.5 cm³/mol. The summed E-state index contributed by atoms with van der Waals surface area (Å²) < 4.78 is 0. The zero-order valence-electron chi connectivity index (χ0n) is 15.0. The molecule has 1 spiro atoms. The Kier molecular flexibility index (Phi) is 3.23. The molecule has 0 radical (unpaired) electrons. The Morgan fingerprint density at radius 1 is 1.40 bits per heavy atom. The van der Waals surface area contributed by atoms with Crippen LogP contribution in [0.25, 0.3) is 0 Å². The van der Waals surface area contributed by atoms with Crippen molar-refractivity contribution >= 4 is 11.6 Å². The Morgan fingerprint density at radius 3 is 2.92 bits per heavy atom. The minimum absolute atomic E-state index is 0.00850. The summed E-state index contributed by atoms with van der Waals surface area (Å²) in [6.45, 7) is 6.06. The van der Waals surface area contributed by atoms with Crippen molar-refractivity contribution in [2.75, 3.05) is 24.6 Å². The van der Waals surface area contributed by atoms with Crippen LogP contribution in [0, 0.1) is 11.8 Å². The van der Waals surface area contributed by atoms with E-state index in [0.29, 0.717) is 12.0 Å². The first-order valence-electron chi connectivity index (χ1n) is 9.52. The van der Waals surface area contributed by atoms with E-state index < -0.39 is 0 Å². The molecule has 5 rings (SSSR count). The molecule has 1 N–H and O–H groups in total. The summed E-state index contributed by atoms with van der Waals surface area (Å²) in [6.07, 6.45) is 4.44. The molecule has 3 aliphatic heterocycles. The van der Waals surface area contributed by atoms with Gasteiger partial charge in [-0.3, -0.25) is 9.69 Å². The van der Waals surface area contributed by atoms with Gasteiger partial charge in [-0.25, -0.2) is 0 Å². The Bertz CT molecular complexity index is 773. The van der Waals surface area contributed by atoms with Crippen molar-refractivity contribution in [3.05, 3.63) is 41.5 Å². The van der Waals surface area contributed by atoms with Crippen molar-refractivity contribution in [3.63, 3.8) is 0 Å². The molecule has 0 aromatic heterocycles. The summed E-state index contributed by atoms with van der Waals surface area (Å²) in [4.78, 5) is 17.3. The molecular weight excluding hydrogens is 312 g/mol. The topological polar surface area (TPSA) is 43.8 Å². The second-order valence-electron chi connectivity index (χ2n) is 8.18. The zero-order valence-corrected chi connectivity index (χ0v) is 15.0. The van der Waals surface area contributed by atoms with E-state index in [1.54, 1.807) is 6.92 Å². The zero-order chi connectivity index (χ0) is 17.3. The molecule has 1 unspecified atom stereocenters. The summed E-state index contributed by atoms with van der Waals surface area (Å²) in [5.74, 6) is 0.621. The number of amides is 1. The quantitative estimate of drug-likeness (QED) is 0.799. The van der Waals surface area contributed by atoms with Gasteiger partial charge in [0.15, 0.2) is 0 Å². The number of nitrogens with zero attached hydrogens (tertiary/aromatic N) is 2. The van der Waals surface area contributed by atoms with Crippen LogP contribution in [-0.2, 0) is 10.2 Å². The number of carbonyl (C=O) groups excluding carboxylic acids is 1. The molecule has 1 aliphatic carbocycles. The molecule has 2 bridgehead atoms. The number of fused-ring (bicyclic) bond motifs is 2. The van der Waals surface area contributed by atoms with E-state index >= 15 is 0 Å². The molecule has 4 heteroatoms. The van der Waals surface area contributed by atoms with Crippen LogP contribution in [-0.4, -0.2) is 47.7 Å². The summed E-state index contributed by atoms with van der Waals surface area (Å²) in [6, 6.07) is 9.04. The van der Waals surface area contributed by atoms with Gasteiger partial charge in [0.2, 0.25) is 5.91 Å². The van der Waals surface area contributed by atoms with E-state index in [1.807, 2.05) is 11.0 Å². The number of hydrogen-bond donors (Lipinski definition) is 1. The van der Waals surface area contributed by atoms with Crippen LogP contribution < -0.4 is 4.90 Å². The maximum absolute atomic E-state index is 12.7. The fraction of sp³-hybridized carbons (Fsp3) is 0.571. The third-order valence-electron chi connectivity index (χ3n) is 7.50. The number of anilines is 1. The van der Waals surface area contributed by atoms with Gasteiger partial charge < -0.3 is 10.0 Å². The van der Waals surface area contributed by atoms with Crippen LogP contribution in [0.5, 0.6) is 0 Å². The van der Waals surface area contributed by atoms with Gasteiger partial charge in [-0.15, -0.1) is 0 Å². The van der Waals surface area contributed by atoms with Gasteiger partial charge in [-0.05, 0) is 43.9 Å². The second-order valence-corrected chi connectivity index (χ2v) is 8.18. The van der Waals surface area contributed by atoms with Crippen LogP contribution >= 0.6 is 0 Å². The van der Waals surface area contributed by atoms with Crippen molar-refractivity contribution in [1.29, 1.82) is 0 Å². The molecule has 25 heavy (non-hydrogen) atoms. The molecule has 1 aromatic carbocycles. The van der Waals surface area contributed by atoms with Gasteiger partial charge in [0.05, 0.1) is 6.04 Å². The van der Waals surface area contributed by atoms with Crippen molar-refractivity contribution in [1.82, 2.24) is 4.90 Å². The van der Waals surface area contributed by atoms with Gasteiger partial charge in [0.1, 0.15) is 0 Å². The van der Waals surface area contributed by atoms with Crippen LogP contribution in [0.3, 0.4) is 0 Å². The van der Waals surface area contributed by atoms with Crippen LogP contribution in [0.15, 0.2) is 35.9 Å². The van der Waals surface area contributed by atoms with E-state index in [4.69, 9.17) is 0 Å². The van der Waals surface area contributed by atoms with Crippen molar-refractivity contribution in [3.8, 4) is 0 Å². The SMILES string of the molecule is C/C=C1/CN2CCC34c5ccccc5N(C(C)=O)[C@H]3[C@@H](CO)[C@H]1C[C@H]24. The van der Waals surface area contributed by atoms with Crippen molar-refractivity contribution < 1.29 is 9.90 Å². The first kappa shape index (κ1) is 15.6. The lowest BCUT2D eigenvalue weighted by molar-refractivity contribution is -0.118. The third kappa shape index (κ3) is 1.72. The molecule has 1 amide bonds. The van der Waals surface area contributed by atoms with E-state index in [-0.39, 0.29) is 29.9 Å². The highest BCUT2D eigenvalue weighted by Gasteiger charge is 2.67. The number of aliphatic hydroxyl groups is 1.